The molecule has 2 fully saturated rings. The van der Waals surface area contributed by atoms with Crippen LogP contribution in [0.5, 0.6) is 0 Å². The summed E-state index contributed by atoms with van der Waals surface area (Å²) >= 11 is 0. The third-order valence-electron chi connectivity index (χ3n) is 7.52. The highest BCUT2D eigenvalue weighted by Crippen LogP contribution is 2.33. The number of nitrogens with two attached hydrogens (primary N) is 1. The first kappa shape index (κ1) is 21.4. The number of piperidine rings is 2. The van der Waals surface area contributed by atoms with Crippen molar-refractivity contribution in [3.05, 3.63) is 65.2 Å². The van der Waals surface area contributed by atoms with Crippen molar-refractivity contribution >= 4 is 11.6 Å². The molecule has 2 saturated heterocycles. The smallest absolute Gasteiger partial charge is 0.260 e. The van der Waals surface area contributed by atoms with E-state index in [1.165, 1.54) is 11.1 Å². The molecule has 0 unspecified atom stereocenters. The van der Waals surface area contributed by atoms with E-state index in [1.807, 2.05) is 24.3 Å². The number of alkyl halides is 1. The van der Waals surface area contributed by atoms with Gasteiger partial charge in [0.2, 0.25) is 0 Å². The van der Waals surface area contributed by atoms with E-state index in [0.717, 1.165) is 43.7 Å². The Morgan fingerprint density at radius 3 is 2.25 bits per heavy atom. The molecule has 3 aliphatic heterocycles. The molecule has 2 aromatic rings. The van der Waals surface area contributed by atoms with Crippen molar-refractivity contribution < 1.29 is 9.18 Å². The standard InChI is InChI=1S/C26H33FN4O/c27-26(10-14-29(15-11-26)17-20-4-3-7-23(28)16-20)25(32)30-12-8-24(9-13-30)31-18-21-5-1-2-6-22(21)19-31/h1-7,16,24H,8-15,17-19,28H2. The number of rotatable bonds is 4. The first-order valence-corrected chi connectivity index (χ1v) is 11.9. The molecule has 0 aromatic heterocycles. The van der Waals surface area contributed by atoms with Crippen molar-refractivity contribution in [2.75, 3.05) is 31.9 Å². The molecule has 0 spiro atoms. The zero-order valence-corrected chi connectivity index (χ0v) is 18.7. The summed E-state index contributed by atoms with van der Waals surface area (Å²) in [6.45, 7) is 5.25. The van der Waals surface area contributed by atoms with Gasteiger partial charge >= 0.3 is 0 Å². The van der Waals surface area contributed by atoms with Gasteiger partial charge in [-0.3, -0.25) is 14.6 Å². The van der Waals surface area contributed by atoms with Gasteiger partial charge in [0, 0.05) is 70.4 Å². The molecule has 2 N–H and O–H groups in total. The topological polar surface area (TPSA) is 52.8 Å². The van der Waals surface area contributed by atoms with Crippen LogP contribution in [0, 0.1) is 0 Å². The Labute approximate surface area is 190 Å². The van der Waals surface area contributed by atoms with Gasteiger partial charge in [-0.15, -0.1) is 0 Å². The van der Waals surface area contributed by atoms with Gasteiger partial charge in [-0.25, -0.2) is 4.39 Å². The molecule has 3 heterocycles. The van der Waals surface area contributed by atoms with Crippen molar-refractivity contribution in [1.29, 1.82) is 0 Å². The monoisotopic (exact) mass is 436 g/mol. The number of amides is 1. The average molecular weight is 437 g/mol. The van der Waals surface area contributed by atoms with E-state index in [0.29, 0.717) is 32.2 Å². The molecular weight excluding hydrogens is 403 g/mol. The van der Waals surface area contributed by atoms with Crippen LogP contribution in [0.15, 0.2) is 48.5 Å². The van der Waals surface area contributed by atoms with Crippen LogP contribution in [-0.4, -0.2) is 58.5 Å². The summed E-state index contributed by atoms with van der Waals surface area (Å²) in [6, 6.07) is 16.9. The number of nitrogen functional groups attached to an aromatic ring is 1. The second kappa shape index (κ2) is 8.83. The molecule has 32 heavy (non-hydrogen) atoms. The van der Waals surface area contributed by atoms with Crippen LogP contribution < -0.4 is 5.73 Å². The predicted octanol–water partition coefficient (Wildman–Crippen LogP) is 3.58. The van der Waals surface area contributed by atoms with Gasteiger partial charge in [-0.1, -0.05) is 36.4 Å². The van der Waals surface area contributed by atoms with E-state index in [-0.39, 0.29) is 18.7 Å². The number of carbonyl (C=O) groups is 1. The fourth-order valence-electron chi connectivity index (χ4n) is 5.56. The van der Waals surface area contributed by atoms with Crippen LogP contribution in [-0.2, 0) is 24.4 Å². The predicted molar refractivity (Wildman–Crippen MR) is 124 cm³/mol. The lowest BCUT2D eigenvalue weighted by Crippen LogP contribution is -2.55. The zero-order valence-electron chi connectivity index (χ0n) is 18.7. The van der Waals surface area contributed by atoms with Crippen LogP contribution in [0.3, 0.4) is 0 Å². The zero-order chi connectivity index (χ0) is 22.1. The van der Waals surface area contributed by atoms with Crippen LogP contribution in [0.2, 0.25) is 0 Å². The van der Waals surface area contributed by atoms with Crippen LogP contribution in [0.25, 0.3) is 0 Å². The number of hydrogen-bond donors (Lipinski definition) is 1. The highest BCUT2D eigenvalue weighted by Gasteiger charge is 2.45. The minimum absolute atomic E-state index is 0.273. The number of hydrogen-bond acceptors (Lipinski definition) is 4. The molecule has 3 aliphatic rings. The number of fused-ring (bicyclic) bond motifs is 1. The van der Waals surface area contributed by atoms with Crippen molar-refractivity contribution in [3.63, 3.8) is 0 Å². The molecule has 6 heteroatoms. The largest absolute Gasteiger partial charge is 0.399 e. The Morgan fingerprint density at radius 2 is 1.62 bits per heavy atom. The fourth-order valence-corrected chi connectivity index (χ4v) is 5.56. The van der Waals surface area contributed by atoms with Gasteiger partial charge in [0.05, 0.1) is 0 Å². The Morgan fingerprint density at radius 1 is 0.969 bits per heavy atom. The second-order valence-electron chi connectivity index (χ2n) is 9.68. The minimum atomic E-state index is -1.72. The Balaban J connectivity index is 1.11. The van der Waals surface area contributed by atoms with Gasteiger partial charge in [0.25, 0.3) is 5.91 Å². The fraction of sp³-hybridized carbons (Fsp3) is 0.500. The molecule has 1 amide bonds. The Kier molecular flexibility index (Phi) is 5.91. The van der Waals surface area contributed by atoms with Crippen molar-refractivity contribution in [1.82, 2.24) is 14.7 Å². The van der Waals surface area contributed by atoms with Gasteiger partial charge in [-0.2, -0.15) is 0 Å². The number of carbonyl (C=O) groups excluding carboxylic acids is 1. The maximum atomic E-state index is 15.7. The lowest BCUT2D eigenvalue weighted by molar-refractivity contribution is -0.149. The molecule has 2 aromatic carbocycles. The first-order chi connectivity index (χ1) is 15.5. The number of anilines is 1. The maximum absolute atomic E-state index is 15.7. The SMILES string of the molecule is Nc1cccc(CN2CCC(F)(C(=O)N3CCC(N4Cc5ccccc5C4)CC3)CC2)c1. The number of likely N-dealkylation sites (tertiary alicyclic amines) is 2. The van der Waals surface area contributed by atoms with Gasteiger partial charge in [-0.05, 0) is 41.7 Å². The van der Waals surface area contributed by atoms with E-state index < -0.39 is 5.67 Å². The second-order valence-corrected chi connectivity index (χ2v) is 9.68. The average Bonchev–Trinajstić information content (AvgIpc) is 3.25. The Hall–Kier alpha value is -2.44. The molecule has 5 nitrogen and oxygen atoms in total. The quantitative estimate of drug-likeness (QED) is 0.745. The third-order valence-corrected chi connectivity index (χ3v) is 7.52. The van der Waals surface area contributed by atoms with Crippen LogP contribution in [0.1, 0.15) is 42.4 Å². The normalized spacial score (nSPS) is 22.1. The molecular formula is C26H33FN4O. The summed E-state index contributed by atoms with van der Waals surface area (Å²) in [5, 5.41) is 0. The lowest BCUT2D eigenvalue weighted by atomic mass is 9.90. The van der Waals surface area contributed by atoms with Gasteiger partial charge in [0.1, 0.15) is 0 Å². The molecule has 170 valence electrons. The third kappa shape index (κ3) is 4.39. The molecule has 0 radical (unpaired) electrons. The maximum Gasteiger partial charge on any atom is 0.260 e. The van der Waals surface area contributed by atoms with Crippen molar-refractivity contribution in [2.45, 2.75) is 57.0 Å². The lowest BCUT2D eigenvalue weighted by Gasteiger charge is -2.41. The van der Waals surface area contributed by atoms with E-state index in [9.17, 15) is 4.79 Å². The first-order valence-electron chi connectivity index (χ1n) is 11.9. The summed E-state index contributed by atoms with van der Waals surface area (Å²) < 4.78 is 15.7. The summed E-state index contributed by atoms with van der Waals surface area (Å²) in [5.41, 5.74) is 8.86. The summed E-state index contributed by atoms with van der Waals surface area (Å²) in [5.74, 6) is -0.288. The Bertz CT molecular complexity index is 939. The van der Waals surface area contributed by atoms with Crippen LogP contribution >= 0.6 is 0 Å². The van der Waals surface area contributed by atoms with E-state index in [2.05, 4.69) is 34.1 Å². The number of nitrogens with zero attached hydrogens (tertiary/aromatic N) is 3. The van der Waals surface area contributed by atoms with Crippen molar-refractivity contribution in [3.8, 4) is 0 Å². The minimum Gasteiger partial charge on any atom is -0.399 e. The molecule has 0 aliphatic carbocycles. The highest BCUT2D eigenvalue weighted by molar-refractivity contribution is 5.85. The molecule has 0 bridgehead atoms. The molecule has 0 saturated carbocycles. The van der Waals surface area contributed by atoms with Crippen molar-refractivity contribution in [2.24, 2.45) is 0 Å². The van der Waals surface area contributed by atoms with Gasteiger partial charge < -0.3 is 10.6 Å². The summed E-state index contributed by atoms with van der Waals surface area (Å²) in [4.78, 5) is 19.6. The summed E-state index contributed by atoms with van der Waals surface area (Å²) in [7, 11) is 0. The molecule has 0 atom stereocenters. The number of halogens is 1. The number of benzene rings is 2. The highest BCUT2D eigenvalue weighted by atomic mass is 19.1. The van der Waals surface area contributed by atoms with Gasteiger partial charge in [0.15, 0.2) is 5.67 Å². The summed E-state index contributed by atoms with van der Waals surface area (Å²) in [6.07, 6.45) is 2.40. The van der Waals surface area contributed by atoms with Crippen LogP contribution in [0.4, 0.5) is 10.1 Å². The van der Waals surface area contributed by atoms with E-state index in [1.54, 1.807) is 4.90 Å². The van der Waals surface area contributed by atoms with E-state index in [4.69, 9.17) is 5.73 Å². The van der Waals surface area contributed by atoms with E-state index >= 15 is 4.39 Å². The molecule has 5 rings (SSSR count).